The van der Waals surface area contributed by atoms with Crippen molar-refractivity contribution in [3.63, 3.8) is 0 Å². The van der Waals surface area contributed by atoms with Crippen molar-refractivity contribution in [1.29, 1.82) is 0 Å². The lowest BCUT2D eigenvalue weighted by atomic mass is 9.54. The number of hydrogen-bond acceptors (Lipinski definition) is 5. The summed E-state index contributed by atoms with van der Waals surface area (Å²) in [4.78, 5) is 23.8. The van der Waals surface area contributed by atoms with Crippen LogP contribution in [-0.4, -0.2) is 30.4 Å². The first-order chi connectivity index (χ1) is 11.3. The second-order valence-corrected chi connectivity index (χ2v) is 8.37. The third kappa shape index (κ3) is 3.03. The molecule has 2 fully saturated rings. The van der Waals surface area contributed by atoms with E-state index in [1.54, 1.807) is 5.41 Å². The van der Waals surface area contributed by atoms with E-state index in [0.717, 1.165) is 31.3 Å². The summed E-state index contributed by atoms with van der Waals surface area (Å²) in [7, 11) is 0. The van der Waals surface area contributed by atoms with E-state index in [2.05, 4.69) is 13.8 Å². The molecule has 3 rings (SSSR count). The maximum atomic E-state index is 11.9. The van der Waals surface area contributed by atoms with E-state index in [0.29, 0.717) is 11.8 Å². The van der Waals surface area contributed by atoms with E-state index >= 15 is 0 Å². The lowest BCUT2D eigenvalue weighted by molar-refractivity contribution is -0.152. The fourth-order valence-electron chi connectivity index (χ4n) is 4.62. The Morgan fingerprint density at radius 2 is 2.12 bits per heavy atom. The fourth-order valence-corrected chi connectivity index (χ4v) is 4.87. The summed E-state index contributed by atoms with van der Waals surface area (Å²) < 4.78 is 11.2. The first-order valence-electron chi connectivity index (χ1n) is 8.65. The summed E-state index contributed by atoms with van der Waals surface area (Å²) in [5.74, 6) is 0.436. The molecule has 5 atom stereocenters. The van der Waals surface area contributed by atoms with E-state index in [1.165, 1.54) is 23.4 Å². The molecule has 0 aromatic rings. The van der Waals surface area contributed by atoms with Crippen molar-refractivity contribution in [3.05, 3.63) is 22.6 Å². The zero-order chi connectivity index (χ0) is 17.5. The zero-order valence-electron chi connectivity index (χ0n) is 14.8. The smallest absolute Gasteiger partial charge is 0.334 e. The quantitative estimate of drug-likeness (QED) is 0.571. The Labute approximate surface area is 148 Å². The lowest BCUT2D eigenvalue weighted by Gasteiger charge is -2.52. The monoisotopic (exact) mass is 350 g/mol. The van der Waals surface area contributed by atoms with Gasteiger partial charge in [0.05, 0.1) is 0 Å². The Morgan fingerprint density at radius 3 is 2.83 bits per heavy atom. The Bertz CT molecular complexity index is 608. The third-order valence-electron chi connectivity index (χ3n) is 6.34. The molecule has 24 heavy (non-hydrogen) atoms. The van der Waals surface area contributed by atoms with Gasteiger partial charge in [-0.05, 0) is 67.1 Å². The first kappa shape index (κ1) is 17.6. The molecular formula is C19H26O4S. The van der Waals surface area contributed by atoms with Gasteiger partial charge in [0.25, 0.3) is 0 Å². The van der Waals surface area contributed by atoms with Gasteiger partial charge in [0.2, 0.25) is 0 Å². The summed E-state index contributed by atoms with van der Waals surface area (Å²) >= 11 is 1.49. The molecule has 3 aliphatic rings. The molecule has 0 unspecified atom stereocenters. The average Bonchev–Trinajstić information content (AvgIpc) is 2.79. The summed E-state index contributed by atoms with van der Waals surface area (Å²) in [6, 6.07) is 0. The molecule has 0 aromatic carbocycles. The molecule has 0 spiro atoms. The van der Waals surface area contributed by atoms with Gasteiger partial charge in [-0.2, -0.15) is 0 Å². The fraction of sp³-hybridized carbons (Fsp3) is 0.684. The van der Waals surface area contributed by atoms with Gasteiger partial charge < -0.3 is 9.47 Å². The van der Waals surface area contributed by atoms with Crippen LogP contribution in [0.25, 0.3) is 0 Å². The molecule has 1 heterocycles. The van der Waals surface area contributed by atoms with Gasteiger partial charge in [0, 0.05) is 11.6 Å². The van der Waals surface area contributed by atoms with Gasteiger partial charge in [-0.3, -0.25) is 0 Å². The minimum Gasteiger partial charge on any atom is -0.459 e. The third-order valence-corrected chi connectivity index (χ3v) is 6.75. The number of rotatable bonds is 3. The Balaban J connectivity index is 1.74. The van der Waals surface area contributed by atoms with Crippen molar-refractivity contribution < 1.29 is 19.1 Å². The van der Waals surface area contributed by atoms with Crippen LogP contribution in [0.4, 0.5) is 0 Å². The minimum absolute atomic E-state index is 0.0409. The molecule has 0 amide bonds. The highest BCUT2D eigenvalue weighted by Gasteiger charge is 2.52. The Kier molecular flexibility index (Phi) is 4.82. The molecule has 0 bridgehead atoms. The van der Waals surface area contributed by atoms with Crippen molar-refractivity contribution in [1.82, 2.24) is 0 Å². The van der Waals surface area contributed by atoms with E-state index in [-0.39, 0.29) is 29.6 Å². The van der Waals surface area contributed by atoms with Gasteiger partial charge >= 0.3 is 11.9 Å². The SMILES string of the molecule is CS/C=C\C(=O)O[C@H]1C[C@@H]2C[C@@H]3OC(=O)C(C)=C3C[C@]2(C)[C@@H](C)C1. The van der Waals surface area contributed by atoms with Crippen LogP contribution in [0.1, 0.15) is 46.5 Å². The lowest BCUT2D eigenvalue weighted by Crippen LogP contribution is -2.48. The first-order valence-corrected chi connectivity index (χ1v) is 9.94. The highest BCUT2D eigenvalue weighted by atomic mass is 32.2. The molecule has 2 aliphatic carbocycles. The van der Waals surface area contributed by atoms with Crippen LogP contribution in [0.2, 0.25) is 0 Å². The Hall–Kier alpha value is -1.23. The summed E-state index contributed by atoms with van der Waals surface area (Å²) in [6.45, 7) is 6.46. The molecule has 2 saturated carbocycles. The second-order valence-electron chi connectivity index (χ2n) is 7.63. The number of thioether (sulfide) groups is 1. The van der Waals surface area contributed by atoms with Crippen molar-refractivity contribution in [3.8, 4) is 0 Å². The standard InChI is InChI=1S/C19H26O4S/c1-11-7-14(22-17(20)5-6-24-4)8-13-9-16-15(10-19(11,13)3)12(2)18(21)23-16/h5-6,11,13-14,16H,7-10H2,1-4H3/b6-5-/t11-,13+,14+,16-,19+/m0/s1. The van der Waals surface area contributed by atoms with Crippen LogP contribution in [0.3, 0.4) is 0 Å². The van der Waals surface area contributed by atoms with Crippen LogP contribution < -0.4 is 0 Å². The van der Waals surface area contributed by atoms with Gasteiger partial charge in [-0.1, -0.05) is 13.8 Å². The van der Waals surface area contributed by atoms with E-state index in [4.69, 9.17) is 9.47 Å². The molecule has 0 saturated heterocycles. The van der Waals surface area contributed by atoms with Crippen molar-refractivity contribution in [2.24, 2.45) is 17.3 Å². The highest BCUT2D eigenvalue weighted by Crippen LogP contribution is 2.57. The van der Waals surface area contributed by atoms with Crippen molar-refractivity contribution >= 4 is 23.7 Å². The number of esters is 2. The van der Waals surface area contributed by atoms with Crippen LogP contribution in [-0.2, 0) is 19.1 Å². The van der Waals surface area contributed by atoms with Gasteiger partial charge in [-0.15, -0.1) is 11.8 Å². The summed E-state index contributed by atoms with van der Waals surface area (Å²) in [5, 5.41) is 1.75. The molecule has 0 aromatic heterocycles. The number of hydrogen-bond donors (Lipinski definition) is 0. The summed E-state index contributed by atoms with van der Waals surface area (Å²) in [5.41, 5.74) is 2.16. The van der Waals surface area contributed by atoms with Gasteiger partial charge in [-0.25, -0.2) is 9.59 Å². The van der Waals surface area contributed by atoms with Crippen LogP contribution in [0.5, 0.6) is 0 Å². The average molecular weight is 350 g/mol. The topological polar surface area (TPSA) is 52.6 Å². The predicted molar refractivity (Wildman–Crippen MR) is 94.3 cm³/mol. The zero-order valence-corrected chi connectivity index (χ0v) is 15.7. The number of carbonyl (C=O) groups excluding carboxylic acids is 2. The molecule has 4 nitrogen and oxygen atoms in total. The molecular weight excluding hydrogens is 324 g/mol. The van der Waals surface area contributed by atoms with E-state index in [9.17, 15) is 9.59 Å². The molecule has 0 N–H and O–H groups in total. The largest absolute Gasteiger partial charge is 0.459 e. The molecule has 132 valence electrons. The number of carbonyl (C=O) groups is 2. The van der Waals surface area contributed by atoms with Gasteiger partial charge in [0.15, 0.2) is 0 Å². The predicted octanol–water partition coefficient (Wildman–Crippen LogP) is 3.86. The number of fused-ring (bicyclic) bond motifs is 2. The van der Waals surface area contributed by atoms with Crippen LogP contribution >= 0.6 is 11.8 Å². The van der Waals surface area contributed by atoms with Crippen molar-refractivity contribution in [2.45, 2.75) is 58.7 Å². The normalized spacial score (nSPS) is 38.8. The van der Waals surface area contributed by atoms with Crippen LogP contribution in [0.15, 0.2) is 22.6 Å². The van der Waals surface area contributed by atoms with Gasteiger partial charge in [0.1, 0.15) is 12.2 Å². The maximum Gasteiger partial charge on any atom is 0.334 e. The van der Waals surface area contributed by atoms with Crippen LogP contribution in [0, 0.1) is 17.3 Å². The second kappa shape index (κ2) is 6.58. The maximum absolute atomic E-state index is 11.9. The molecule has 5 heteroatoms. The molecule has 1 aliphatic heterocycles. The van der Waals surface area contributed by atoms with E-state index < -0.39 is 0 Å². The highest BCUT2D eigenvalue weighted by molar-refractivity contribution is 8.01. The Morgan fingerprint density at radius 1 is 1.38 bits per heavy atom. The van der Waals surface area contributed by atoms with Crippen molar-refractivity contribution in [2.75, 3.05) is 6.26 Å². The number of ether oxygens (including phenoxy) is 2. The van der Waals surface area contributed by atoms with E-state index in [1.807, 2.05) is 13.2 Å². The summed E-state index contributed by atoms with van der Waals surface area (Å²) in [6.07, 6.45) is 6.83. The minimum atomic E-state index is -0.260. The molecule has 0 radical (unpaired) electrons.